The molecular weight excluding hydrogens is 484 g/mol. The fourth-order valence-electron chi connectivity index (χ4n) is 3.59. The predicted molar refractivity (Wildman–Crippen MR) is 115 cm³/mol. The summed E-state index contributed by atoms with van der Waals surface area (Å²) >= 11 is 5.48. The van der Waals surface area contributed by atoms with Crippen LogP contribution in [0.25, 0.3) is 11.1 Å². The van der Waals surface area contributed by atoms with Gasteiger partial charge in [0.05, 0.1) is 17.0 Å². The molecule has 0 radical (unpaired) electrons. The monoisotopic (exact) mass is 505 g/mol. The standard InChI is InChI=1S/C24H22ClF6NO2/c1-13(22(25)34)15-8-16(10-19(9-15)24(29,30)31)20-5-4-18(23(26,27)28)11-17(20)12-32-7-6-21(33)14-2-3-14/h4-5,8-11,13-14,32H,2-3,6-7,12H2,1H3. The zero-order valence-corrected chi connectivity index (χ0v) is 18.9. The van der Waals surface area contributed by atoms with Crippen molar-refractivity contribution in [1.29, 1.82) is 0 Å². The molecule has 0 spiro atoms. The fraction of sp³-hybridized carbons (Fsp3) is 0.417. The molecule has 184 valence electrons. The summed E-state index contributed by atoms with van der Waals surface area (Å²) in [7, 11) is 0. The van der Waals surface area contributed by atoms with Gasteiger partial charge >= 0.3 is 12.4 Å². The average molecular weight is 506 g/mol. The van der Waals surface area contributed by atoms with E-state index in [1.54, 1.807) is 0 Å². The first-order valence-corrected chi connectivity index (χ1v) is 11.0. The van der Waals surface area contributed by atoms with Crippen molar-refractivity contribution in [3.63, 3.8) is 0 Å². The first-order chi connectivity index (χ1) is 15.8. The Hall–Kier alpha value is -2.39. The van der Waals surface area contributed by atoms with Gasteiger partial charge in [0.15, 0.2) is 0 Å². The largest absolute Gasteiger partial charge is 0.416 e. The van der Waals surface area contributed by atoms with Gasteiger partial charge in [0.25, 0.3) is 0 Å². The Morgan fingerprint density at radius 3 is 2.21 bits per heavy atom. The van der Waals surface area contributed by atoms with E-state index in [0.717, 1.165) is 43.2 Å². The molecule has 1 saturated carbocycles. The van der Waals surface area contributed by atoms with Gasteiger partial charge in [0, 0.05) is 25.4 Å². The van der Waals surface area contributed by atoms with Crippen LogP contribution in [0.1, 0.15) is 54.4 Å². The van der Waals surface area contributed by atoms with Crippen LogP contribution in [0.3, 0.4) is 0 Å². The molecule has 0 aromatic heterocycles. The molecule has 0 amide bonds. The Kier molecular flexibility index (Phi) is 7.77. The lowest BCUT2D eigenvalue weighted by molar-refractivity contribution is -0.138. The van der Waals surface area contributed by atoms with Gasteiger partial charge in [-0.05, 0) is 71.0 Å². The molecule has 1 aliphatic carbocycles. The molecule has 0 saturated heterocycles. The van der Waals surface area contributed by atoms with E-state index >= 15 is 0 Å². The summed E-state index contributed by atoms with van der Waals surface area (Å²) < 4.78 is 80.5. The molecule has 1 aliphatic rings. The van der Waals surface area contributed by atoms with Crippen molar-refractivity contribution in [2.75, 3.05) is 6.54 Å². The number of alkyl halides is 6. The van der Waals surface area contributed by atoms with Crippen LogP contribution in [0.5, 0.6) is 0 Å². The Bertz CT molecular complexity index is 1080. The molecule has 3 nitrogen and oxygen atoms in total. The minimum absolute atomic E-state index is 0.00124. The molecule has 1 N–H and O–H groups in total. The van der Waals surface area contributed by atoms with Crippen LogP contribution in [-0.2, 0) is 28.5 Å². The summed E-state index contributed by atoms with van der Waals surface area (Å²) in [4.78, 5) is 23.4. The number of ketones is 1. The van der Waals surface area contributed by atoms with E-state index in [2.05, 4.69) is 5.32 Å². The topological polar surface area (TPSA) is 46.2 Å². The second-order valence-electron chi connectivity index (χ2n) is 8.40. The van der Waals surface area contributed by atoms with E-state index in [9.17, 15) is 35.9 Å². The van der Waals surface area contributed by atoms with Crippen molar-refractivity contribution in [2.24, 2.45) is 5.92 Å². The predicted octanol–water partition coefficient (Wildman–Crippen LogP) is 6.72. The van der Waals surface area contributed by atoms with Crippen molar-refractivity contribution in [2.45, 2.75) is 51.0 Å². The van der Waals surface area contributed by atoms with Gasteiger partial charge < -0.3 is 5.32 Å². The van der Waals surface area contributed by atoms with Crippen LogP contribution in [0.4, 0.5) is 26.3 Å². The maximum absolute atomic E-state index is 13.5. The number of Topliss-reactive ketones (excluding diaryl/α,β-unsaturated/α-hetero) is 1. The molecule has 0 aliphatic heterocycles. The first kappa shape index (κ1) is 26.2. The molecule has 34 heavy (non-hydrogen) atoms. The minimum Gasteiger partial charge on any atom is -0.312 e. The maximum Gasteiger partial charge on any atom is 0.416 e. The van der Waals surface area contributed by atoms with Gasteiger partial charge in [-0.15, -0.1) is 0 Å². The van der Waals surface area contributed by atoms with Gasteiger partial charge in [-0.1, -0.05) is 19.1 Å². The van der Waals surface area contributed by atoms with Crippen LogP contribution in [-0.4, -0.2) is 17.6 Å². The molecule has 2 aromatic carbocycles. The second-order valence-corrected chi connectivity index (χ2v) is 8.78. The highest BCUT2D eigenvalue weighted by molar-refractivity contribution is 6.64. The van der Waals surface area contributed by atoms with Gasteiger partial charge in [0.2, 0.25) is 5.24 Å². The molecule has 1 fully saturated rings. The van der Waals surface area contributed by atoms with Crippen molar-refractivity contribution in [1.82, 2.24) is 5.32 Å². The maximum atomic E-state index is 13.5. The fourth-order valence-corrected chi connectivity index (χ4v) is 3.72. The molecule has 10 heteroatoms. The number of nitrogens with one attached hydrogen (secondary N) is 1. The molecule has 0 bridgehead atoms. The highest BCUT2D eigenvalue weighted by atomic mass is 35.5. The molecule has 1 atom stereocenters. The highest BCUT2D eigenvalue weighted by Gasteiger charge is 2.34. The van der Waals surface area contributed by atoms with Crippen molar-refractivity contribution in [3.8, 4) is 11.1 Å². The lowest BCUT2D eigenvalue weighted by atomic mass is 9.91. The van der Waals surface area contributed by atoms with Crippen LogP contribution in [0.15, 0.2) is 36.4 Å². The van der Waals surface area contributed by atoms with E-state index in [4.69, 9.17) is 11.6 Å². The third-order valence-electron chi connectivity index (χ3n) is 5.76. The summed E-state index contributed by atoms with van der Waals surface area (Å²) in [6.07, 6.45) is -7.47. The molecule has 0 heterocycles. The summed E-state index contributed by atoms with van der Waals surface area (Å²) in [5.41, 5.74) is -1.72. The van der Waals surface area contributed by atoms with Gasteiger partial charge in [0.1, 0.15) is 5.78 Å². The van der Waals surface area contributed by atoms with Crippen molar-refractivity contribution < 1.29 is 35.9 Å². The number of carbonyl (C=O) groups is 2. The molecular formula is C24H22ClF6NO2. The Morgan fingerprint density at radius 2 is 1.65 bits per heavy atom. The minimum atomic E-state index is -4.74. The number of rotatable bonds is 9. The van der Waals surface area contributed by atoms with Crippen LogP contribution in [0, 0.1) is 5.92 Å². The second kappa shape index (κ2) is 10.1. The van der Waals surface area contributed by atoms with E-state index in [0.29, 0.717) is 0 Å². The molecule has 1 unspecified atom stereocenters. The van der Waals surface area contributed by atoms with Gasteiger partial charge in [-0.25, -0.2) is 0 Å². The van der Waals surface area contributed by atoms with Gasteiger partial charge in [-0.2, -0.15) is 26.3 Å². The normalized spacial score (nSPS) is 15.3. The lowest BCUT2D eigenvalue weighted by Crippen LogP contribution is -2.19. The van der Waals surface area contributed by atoms with E-state index in [1.165, 1.54) is 13.0 Å². The third-order valence-corrected chi connectivity index (χ3v) is 6.09. The lowest BCUT2D eigenvalue weighted by Gasteiger charge is -2.18. The third kappa shape index (κ3) is 6.60. The van der Waals surface area contributed by atoms with E-state index in [-0.39, 0.29) is 53.5 Å². The van der Waals surface area contributed by atoms with Crippen LogP contribution >= 0.6 is 11.6 Å². The molecule has 2 aromatic rings. The SMILES string of the molecule is CC(C(=O)Cl)c1cc(-c2ccc(C(F)(F)F)cc2CNCCC(=O)C2CC2)cc(C(F)(F)F)c1. The zero-order valence-electron chi connectivity index (χ0n) is 18.1. The van der Waals surface area contributed by atoms with Crippen molar-refractivity contribution in [3.05, 3.63) is 58.7 Å². The smallest absolute Gasteiger partial charge is 0.312 e. The number of hydrogen-bond acceptors (Lipinski definition) is 3. The summed E-state index contributed by atoms with van der Waals surface area (Å²) in [6.45, 7) is 1.49. The average Bonchev–Trinajstić information content (AvgIpc) is 3.59. The Balaban J connectivity index is 1.99. The summed E-state index contributed by atoms with van der Waals surface area (Å²) in [6, 6.07) is 5.74. The number of benzene rings is 2. The van der Waals surface area contributed by atoms with Gasteiger partial charge in [-0.3, -0.25) is 9.59 Å². The number of halogens is 7. The van der Waals surface area contributed by atoms with E-state index < -0.39 is 34.6 Å². The van der Waals surface area contributed by atoms with Crippen LogP contribution < -0.4 is 5.32 Å². The summed E-state index contributed by atoms with van der Waals surface area (Å²) in [5.74, 6) is -0.910. The quantitative estimate of drug-likeness (QED) is 0.234. The van der Waals surface area contributed by atoms with Crippen molar-refractivity contribution >= 4 is 22.6 Å². The van der Waals surface area contributed by atoms with E-state index in [1.807, 2.05) is 0 Å². The zero-order chi connectivity index (χ0) is 25.3. The number of carbonyl (C=O) groups excluding carboxylic acids is 2. The number of hydrogen-bond donors (Lipinski definition) is 1. The Morgan fingerprint density at radius 1 is 1.00 bits per heavy atom. The first-order valence-electron chi connectivity index (χ1n) is 10.6. The Labute approximate surface area is 197 Å². The highest BCUT2D eigenvalue weighted by Crippen LogP contribution is 2.38. The van der Waals surface area contributed by atoms with Crippen LogP contribution in [0.2, 0.25) is 0 Å². The summed E-state index contributed by atoms with van der Waals surface area (Å²) in [5, 5.41) is 2.06. The molecule has 3 rings (SSSR count).